The van der Waals surface area contributed by atoms with E-state index in [-0.39, 0.29) is 12.4 Å². The van der Waals surface area contributed by atoms with Crippen LogP contribution in [-0.4, -0.2) is 18.5 Å². The molecule has 0 bridgehead atoms. The van der Waals surface area contributed by atoms with Crippen molar-refractivity contribution in [3.63, 3.8) is 0 Å². The second-order valence-electron chi connectivity index (χ2n) is 3.26. The number of carbonyl (C=O) groups is 1. The average Bonchev–Trinajstić information content (AvgIpc) is 2.38. The zero-order valence-corrected chi connectivity index (χ0v) is 8.63. The van der Waals surface area contributed by atoms with Crippen LogP contribution in [-0.2, 0) is 9.53 Å². The Morgan fingerprint density at radius 1 is 1.38 bits per heavy atom. The Morgan fingerprint density at radius 2 is 2.19 bits per heavy atom. The molecule has 0 saturated heterocycles. The van der Waals surface area contributed by atoms with E-state index in [0.29, 0.717) is 5.75 Å². The number of allylic oxidation sites excluding steroid dienone is 2. The number of hydrogen-bond donors (Lipinski definition) is 0. The fraction of sp³-hybridized carbons (Fsp3) is 0.154. The number of ether oxygens (including phenoxy) is 2. The van der Waals surface area contributed by atoms with Gasteiger partial charge in [0.05, 0.1) is 6.26 Å². The van der Waals surface area contributed by atoms with Crippen LogP contribution in [0.1, 0.15) is 0 Å². The standard InChI is InChI=1S/C13H11O3/c14-12(13-8-4-5-9-15-13)10-16-11-6-2-1-3-7-11/h2-9,13H,10H2. The number of rotatable bonds is 4. The van der Waals surface area contributed by atoms with Crippen molar-refractivity contribution in [1.82, 2.24) is 0 Å². The Bertz CT molecular complexity index is 406. The first kappa shape index (κ1) is 10.5. The Kier molecular flexibility index (Phi) is 3.38. The molecule has 0 N–H and O–H groups in total. The van der Waals surface area contributed by atoms with Crippen molar-refractivity contribution in [2.45, 2.75) is 6.10 Å². The molecule has 1 radical (unpaired) electrons. The molecule has 1 aromatic rings. The number of ketones is 1. The van der Waals surface area contributed by atoms with Crippen LogP contribution in [0.2, 0.25) is 0 Å². The van der Waals surface area contributed by atoms with E-state index in [2.05, 4.69) is 6.07 Å². The predicted molar refractivity (Wildman–Crippen MR) is 58.9 cm³/mol. The molecule has 1 heterocycles. The van der Waals surface area contributed by atoms with Crippen molar-refractivity contribution >= 4 is 5.78 Å². The minimum atomic E-state index is -0.528. The van der Waals surface area contributed by atoms with Crippen molar-refractivity contribution in [1.29, 1.82) is 0 Å². The molecule has 81 valence electrons. The van der Waals surface area contributed by atoms with Gasteiger partial charge >= 0.3 is 0 Å². The average molecular weight is 215 g/mol. The summed E-state index contributed by atoms with van der Waals surface area (Å²) in [6.07, 6.45) is 6.19. The normalized spacial score (nSPS) is 17.9. The molecule has 0 saturated carbocycles. The lowest BCUT2D eigenvalue weighted by Crippen LogP contribution is -2.26. The molecule has 0 amide bonds. The van der Waals surface area contributed by atoms with Gasteiger partial charge in [-0.1, -0.05) is 18.2 Å². The fourth-order valence-corrected chi connectivity index (χ4v) is 1.27. The van der Waals surface area contributed by atoms with Crippen LogP contribution in [0.5, 0.6) is 5.75 Å². The molecule has 1 unspecified atom stereocenters. The van der Waals surface area contributed by atoms with E-state index in [1.165, 1.54) is 6.26 Å². The van der Waals surface area contributed by atoms with Crippen LogP contribution in [0.3, 0.4) is 0 Å². The summed E-state index contributed by atoms with van der Waals surface area (Å²) in [4.78, 5) is 11.6. The highest BCUT2D eigenvalue weighted by atomic mass is 16.5. The van der Waals surface area contributed by atoms with Crippen molar-refractivity contribution in [3.05, 3.63) is 54.8 Å². The van der Waals surface area contributed by atoms with E-state index in [9.17, 15) is 4.79 Å². The second-order valence-corrected chi connectivity index (χ2v) is 3.26. The summed E-state index contributed by atoms with van der Waals surface area (Å²) >= 11 is 0. The monoisotopic (exact) mass is 215 g/mol. The molecule has 1 aliphatic heterocycles. The van der Waals surface area contributed by atoms with Crippen molar-refractivity contribution in [2.75, 3.05) is 6.61 Å². The highest BCUT2D eigenvalue weighted by molar-refractivity contribution is 5.86. The molecule has 1 aromatic carbocycles. The zero-order valence-electron chi connectivity index (χ0n) is 8.63. The summed E-state index contributed by atoms with van der Waals surface area (Å²) in [5, 5.41) is 0. The lowest BCUT2D eigenvalue weighted by Gasteiger charge is -2.14. The van der Waals surface area contributed by atoms with Crippen LogP contribution >= 0.6 is 0 Å². The smallest absolute Gasteiger partial charge is 0.214 e. The fourth-order valence-electron chi connectivity index (χ4n) is 1.27. The van der Waals surface area contributed by atoms with Gasteiger partial charge in [0, 0.05) is 0 Å². The lowest BCUT2D eigenvalue weighted by molar-refractivity contribution is -0.127. The minimum Gasteiger partial charge on any atom is -0.486 e. The van der Waals surface area contributed by atoms with Gasteiger partial charge in [0.1, 0.15) is 5.75 Å². The number of benzene rings is 1. The summed E-state index contributed by atoms with van der Waals surface area (Å²) in [6, 6.07) is 9.85. The molecule has 0 spiro atoms. The number of Topliss-reactive ketones (excluding diaryl/α,β-unsaturated/α-hetero) is 1. The SMILES string of the molecule is O=C(COc1cc[c]cc1)C1C=CC=CO1. The van der Waals surface area contributed by atoms with Gasteiger partial charge in [-0.25, -0.2) is 0 Å². The maximum atomic E-state index is 11.6. The van der Waals surface area contributed by atoms with E-state index < -0.39 is 6.10 Å². The molecule has 1 aliphatic rings. The van der Waals surface area contributed by atoms with Gasteiger partial charge in [-0.05, 0) is 30.4 Å². The summed E-state index contributed by atoms with van der Waals surface area (Å²) < 4.78 is 10.4. The topological polar surface area (TPSA) is 35.5 Å². The predicted octanol–water partition coefficient (Wildman–Crippen LogP) is 1.90. The van der Waals surface area contributed by atoms with E-state index >= 15 is 0 Å². The molecule has 2 rings (SSSR count). The van der Waals surface area contributed by atoms with Gasteiger partial charge in [-0.3, -0.25) is 4.79 Å². The summed E-state index contributed by atoms with van der Waals surface area (Å²) in [5.41, 5.74) is 0. The Balaban J connectivity index is 1.84. The first-order valence-electron chi connectivity index (χ1n) is 4.97. The van der Waals surface area contributed by atoms with Crippen molar-refractivity contribution in [2.24, 2.45) is 0 Å². The molecule has 0 aliphatic carbocycles. The third-order valence-electron chi connectivity index (χ3n) is 2.09. The molecular formula is C13H11O3. The summed E-state index contributed by atoms with van der Waals surface area (Å²) in [7, 11) is 0. The van der Waals surface area contributed by atoms with Gasteiger partial charge < -0.3 is 9.47 Å². The molecule has 1 atom stereocenters. The van der Waals surface area contributed by atoms with Crippen LogP contribution in [0, 0.1) is 6.07 Å². The summed E-state index contributed by atoms with van der Waals surface area (Å²) in [5.74, 6) is 0.552. The van der Waals surface area contributed by atoms with E-state index in [0.717, 1.165) is 0 Å². The molecule has 3 nitrogen and oxygen atoms in total. The first-order valence-corrected chi connectivity index (χ1v) is 4.97. The van der Waals surface area contributed by atoms with E-state index in [4.69, 9.17) is 9.47 Å². The number of carbonyl (C=O) groups excluding carboxylic acids is 1. The van der Waals surface area contributed by atoms with E-state index in [1.54, 1.807) is 42.5 Å². The molecule has 0 aromatic heterocycles. The van der Waals surface area contributed by atoms with Gasteiger partial charge in [0.15, 0.2) is 12.7 Å². The van der Waals surface area contributed by atoms with Crippen LogP contribution in [0.4, 0.5) is 0 Å². The number of hydrogen-bond acceptors (Lipinski definition) is 3. The Labute approximate surface area is 94.0 Å². The Morgan fingerprint density at radius 3 is 2.88 bits per heavy atom. The second kappa shape index (κ2) is 5.16. The van der Waals surface area contributed by atoms with Gasteiger partial charge in [-0.15, -0.1) is 0 Å². The first-order chi connectivity index (χ1) is 7.86. The van der Waals surface area contributed by atoms with E-state index in [1.807, 2.05) is 0 Å². The lowest BCUT2D eigenvalue weighted by atomic mass is 10.2. The van der Waals surface area contributed by atoms with Crippen LogP contribution < -0.4 is 4.74 Å². The third-order valence-corrected chi connectivity index (χ3v) is 2.09. The molecule has 3 heteroatoms. The van der Waals surface area contributed by atoms with Gasteiger partial charge in [0.2, 0.25) is 5.78 Å². The minimum absolute atomic E-state index is 0.00681. The maximum absolute atomic E-state index is 11.6. The van der Waals surface area contributed by atoms with Gasteiger partial charge in [-0.2, -0.15) is 0 Å². The highest BCUT2D eigenvalue weighted by Gasteiger charge is 2.17. The quantitative estimate of drug-likeness (QED) is 0.769. The van der Waals surface area contributed by atoms with Gasteiger partial charge in [0.25, 0.3) is 0 Å². The Hall–Kier alpha value is -2.03. The van der Waals surface area contributed by atoms with Crippen LogP contribution in [0.25, 0.3) is 0 Å². The third kappa shape index (κ3) is 2.73. The van der Waals surface area contributed by atoms with Crippen molar-refractivity contribution in [3.8, 4) is 5.75 Å². The zero-order chi connectivity index (χ0) is 11.2. The maximum Gasteiger partial charge on any atom is 0.214 e. The van der Waals surface area contributed by atoms with Crippen LogP contribution in [0.15, 0.2) is 48.8 Å². The summed E-state index contributed by atoms with van der Waals surface area (Å²) in [6.45, 7) is 0.00681. The highest BCUT2D eigenvalue weighted by Crippen LogP contribution is 2.09. The van der Waals surface area contributed by atoms with Crippen molar-refractivity contribution < 1.29 is 14.3 Å². The molecular weight excluding hydrogens is 204 g/mol. The molecule has 0 fully saturated rings. The molecule has 16 heavy (non-hydrogen) atoms. The largest absolute Gasteiger partial charge is 0.486 e.